The first-order valence-electron chi connectivity index (χ1n) is 8.76. The van der Waals surface area contributed by atoms with Crippen molar-refractivity contribution in [3.8, 4) is 0 Å². The number of rotatable bonds is 11. The highest BCUT2D eigenvalue weighted by Gasteiger charge is 2.04. The Morgan fingerprint density at radius 2 is 1.58 bits per heavy atom. The predicted octanol–water partition coefficient (Wildman–Crippen LogP) is 4.52. The molecule has 0 heterocycles. The van der Waals surface area contributed by atoms with E-state index >= 15 is 0 Å². The zero-order valence-corrected chi connectivity index (χ0v) is 15.9. The fourth-order valence-electron chi connectivity index (χ4n) is 2.07. The maximum absolute atomic E-state index is 12.1. The predicted molar refractivity (Wildman–Crippen MR) is 102 cm³/mol. The van der Waals surface area contributed by atoms with E-state index in [1.54, 1.807) is 12.2 Å². The van der Waals surface area contributed by atoms with Crippen LogP contribution in [0.3, 0.4) is 0 Å². The molecule has 0 atom stereocenters. The maximum atomic E-state index is 12.1. The van der Waals surface area contributed by atoms with E-state index in [0.717, 1.165) is 48.0 Å². The topological polar surface area (TPSA) is 57.5 Å². The van der Waals surface area contributed by atoms with Crippen molar-refractivity contribution in [3.63, 3.8) is 0 Å². The minimum atomic E-state index is 0.0515. The van der Waals surface area contributed by atoms with Crippen molar-refractivity contribution in [2.45, 2.75) is 60.3 Å². The Kier molecular flexibility index (Phi) is 12.1. The lowest BCUT2D eigenvalue weighted by Gasteiger charge is -2.05. The van der Waals surface area contributed by atoms with Gasteiger partial charge in [-0.05, 0) is 69.6 Å². The van der Waals surface area contributed by atoms with E-state index in [9.17, 15) is 9.90 Å². The van der Waals surface area contributed by atoms with E-state index in [1.165, 1.54) is 0 Å². The molecule has 0 radical (unpaired) electrons. The molecule has 0 saturated carbocycles. The van der Waals surface area contributed by atoms with Gasteiger partial charge in [0.2, 0.25) is 0 Å². The maximum Gasteiger partial charge on any atom is 0.181 e. The molecule has 0 bridgehead atoms. The molecule has 0 spiro atoms. The molecule has 0 aliphatic rings. The lowest BCUT2D eigenvalue weighted by atomic mass is 10.0. The molecule has 0 amide bonds. The van der Waals surface area contributed by atoms with Crippen LogP contribution in [-0.4, -0.2) is 29.2 Å². The van der Waals surface area contributed by atoms with Gasteiger partial charge in [0.1, 0.15) is 0 Å². The molecule has 3 heteroatoms. The first kappa shape index (κ1) is 22.6. The summed E-state index contributed by atoms with van der Waals surface area (Å²) in [7, 11) is 0. The van der Waals surface area contributed by atoms with Crippen molar-refractivity contribution in [1.82, 2.24) is 0 Å². The Labute approximate surface area is 147 Å². The van der Waals surface area contributed by atoms with Crippen LogP contribution >= 0.6 is 0 Å². The second kappa shape index (κ2) is 12.9. The van der Waals surface area contributed by atoms with Gasteiger partial charge in [-0.3, -0.25) is 4.79 Å². The average Bonchev–Trinajstić information content (AvgIpc) is 2.53. The van der Waals surface area contributed by atoms with Gasteiger partial charge in [-0.25, -0.2) is 0 Å². The van der Waals surface area contributed by atoms with E-state index in [4.69, 9.17) is 5.11 Å². The third-order valence-corrected chi connectivity index (χ3v) is 4.19. The highest BCUT2D eigenvalue weighted by molar-refractivity contribution is 6.03. The molecule has 0 aromatic rings. The van der Waals surface area contributed by atoms with Gasteiger partial charge in [-0.2, -0.15) is 0 Å². The van der Waals surface area contributed by atoms with E-state index in [-0.39, 0.29) is 19.0 Å². The van der Waals surface area contributed by atoms with Crippen molar-refractivity contribution in [1.29, 1.82) is 0 Å². The number of allylic oxidation sites excluding steroid dienone is 6. The van der Waals surface area contributed by atoms with Gasteiger partial charge in [0.15, 0.2) is 5.78 Å². The minimum absolute atomic E-state index is 0.0515. The summed E-state index contributed by atoms with van der Waals surface area (Å²) in [6.45, 7) is 10.1. The van der Waals surface area contributed by atoms with Gasteiger partial charge in [0, 0.05) is 0 Å². The van der Waals surface area contributed by atoms with Crippen molar-refractivity contribution >= 4 is 5.78 Å². The zero-order chi connectivity index (χ0) is 18.5. The Bertz CT molecular complexity index is 505. The number of hydrogen-bond acceptors (Lipinski definition) is 3. The van der Waals surface area contributed by atoms with Gasteiger partial charge in [0.25, 0.3) is 0 Å². The molecule has 0 fully saturated rings. The first-order chi connectivity index (χ1) is 11.3. The van der Waals surface area contributed by atoms with Gasteiger partial charge in [-0.15, -0.1) is 0 Å². The van der Waals surface area contributed by atoms with Crippen LogP contribution in [0.1, 0.15) is 60.3 Å². The van der Waals surface area contributed by atoms with Crippen molar-refractivity contribution in [3.05, 3.63) is 46.6 Å². The van der Waals surface area contributed by atoms with Gasteiger partial charge < -0.3 is 10.2 Å². The Balaban J connectivity index is 4.50. The molecule has 24 heavy (non-hydrogen) atoms. The van der Waals surface area contributed by atoms with E-state index in [1.807, 2.05) is 26.8 Å². The van der Waals surface area contributed by atoms with Crippen LogP contribution in [0.25, 0.3) is 0 Å². The first-order valence-corrected chi connectivity index (χ1v) is 8.76. The molecule has 0 saturated heterocycles. The molecule has 0 aliphatic heterocycles. The number of aliphatic hydroxyl groups is 2. The number of carbonyl (C=O) groups excluding carboxylic acids is 1. The third kappa shape index (κ3) is 10.3. The van der Waals surface area contributed by atoms with Gasteiger partial charge in [-0.1, -0.05) is 43.2 Å². The monoisotopic (exact) mass is 334 g/mol. The molecule has 0 aliphatic carbocycles. The second-order valence-corrected chi connectivity index (χ2v) is 6.63. The summed E-state index contributed by atoms with van der Waals surface area (Å²) in [5.74, 6) is 0.453. The number of carbonyl (C=O) groups is 1. The molecule has 2 N–H and O–H groups in total. The van der Waals surface area contributed by atoms with Crippen molar-refractivity contribution in [2.24, 2.45) is 5.92 Å². The number of aliphatic hydroxyl groups excluding tert-OH is 2. The largest absolute Gasteiger partial charge is 0.392 e. The summed E-state index contributed by atoms with van der Waals surface area (Å²) in [6.07, 6.45) is 10.8. The van der Waals surface area contributed by atoms with Crippen LogP contribution < -0.4 is 0 Å². The SMILES string of the molecule is CC(=CCO)CCC=C(CO)CCC=C(C)C(=O)C=C(C)C(C)C. The summed E-state index contributed by atoms with van der Waals surface area (Å²) in [4.78, 5) is 12.1. The molecule has 0 aromatic carbocycles. The Morgan fingerprint density at radius 3 is 2.12 bits per heavy atom. The molecular weight excluding hydrogens is 300 g/mol. The van der Waals surface area contributed by atoms with Crippen LogP contribution in [0, 0.1) is 5.92 Å². The lowest BCUT2D eigenvalue weighted by molar-refractivity contribution is -0.111. The Hall–Kier alpha value is -1.45. The summed E-state index contributed by atoms with van der Waals surface area (Å²) < 4.78 is 0. The van der Waals surface area contributed by atoms with Gasteiger partial charge >= 0.3 is 0 Å². The third-order valence-electron chi connectivity index (χ3n) is 4.19. The summed E-state index contributed by atoms with van der Waals surface area (Å²) >= 11 is 0. The Morgan fingerprint density at radius 1 is 0.958 bits per heavy atom. The lowest BCUT2D eigenvalue weighted by Crippen LogP contribution is -1.99. The fourth-order valence-corrected chi connectivity index (χ4v) is 2.07. The highest BCUT2D eigenvalue weighted by atomic mass is 16.3. The normalized spacial score (nSPS) is 14.5. The smallest absolute Gasteiger partial charge is 0.181 e. The zero-order valence-electron chi connectivity index (χ0n) is 15.9. The molecule has 0 unspecified atom stereocenters. The minimum Gasteiger partial charge on any atom is -0.392 e. The summed E-state index contributed by atoms with van der Waals surface area (Å²) in [5, 5.41) is 18.2. The van der Waals surface area contributed by atoms with E-state index in [2.05, 4.69) is 19.9 Å². The van der Waals surface area contributed by atoms with Crippen LogP contribution in [-0.2, 0) is 4.79 Å². The number of ketones is 1. The molecule has 136 valence electrons. The second-order valence-electron chi connectivity index (χ2n) is 6.63. The standard InChI is InChI=1S/C21H34O3/c1-16(2)19(5)14-21(24)18(4)9-7-11-20(15-23)10-6-8-17(3)12-13-22/h9-10,12,14,16,22-23H,6-8,11,13,15H2,1-5H3. The van der Waals surface area contributed by atoms with Crippen LogP contribution in [0.4, 0.5) is 0 Å². The highest BCUT2D eigenvalue weighted by Crippen LogP contribution is 2.13. The molecular formula is C21H34O3. The van der Waals surface area contributed by atoms with Crippen molar-refractivity contribution < 1.29 is 15.0 Å². The van der Waals surface area contributed by atoms with Crippen LogP contribution in [0.2, 0.25) is 0 Å². The summed E-state index contributed by atoms with van der Waals surface area (Å²) in [6, 6.07) is 0. The van der Waals surface area contributed by atoms with Crippen molar-refractivity contribution in [2.75, 3.05) is 13.2 Å². The fraction of sp³-hybridized carbons (Fsp3) is 0.571. The molecule has 0 aromatic heterocycles. The van der Waals surface area contributed by atoms with Gasteiger partial charge in [0.05, 0.1) is 13.2 Å². The van der Waals surface area contributed by atoms with Crippen LogP contribution in [0.5, 0.6) is 0 Å². The van der Waals surface area contributed by atoms with E-state index in [0.29, 0.717) is 5.92 Å². The molecule has 0 rings (SSSR count). The summed E-state index contributed by atoms with van der Waals surface area (Å²) in [5.41, 5.74) is 4.00. The number of hydrogen-bond donors (Lipinski definition) is 2. The molecule has 3 nitrogen and oxygen atoms in total. The average molecular weight is 335 g/mol. The van der Waals surface area contributed by atoms with Crippen LogP contribution in [0.15, 0.2) is 46.6 Å². The quantitative estimate of drug-likeness (QED) is 0.431. The van der Waals surface area contributed by atoms with E-state index < -0.39 is 0 Å².